The number of amides is 1. The van der Waals surface area contributed by atoms with Gasteiger partial charge in [0.25, 0.3) is 0 Å². The molecular formula is C10H18N2O4. The molecule has 0 radical (unpaired) electrons. The van der Waals surface area contributed by atoms with E-state index in [1.165, 1.54) is 0 Å². The molecular weight excluding hydrogens is 212 g/mol. The van der Waals surface area contributed by atoms with E-state index >= 15 is 0 Å². The maximum atomic E-state index is 10.8. The number of likely N-dealkylation sites (N-methyl/N-ethyl adjacent to an activating group) is 1. The van der Waals surface area contributed by atoms with Crippen LogP contribution in [0.15, 0.2) is 0 Å². The molecule has 0 bridgehead atoms. The van der Waals surface area contributed by atoms with Crippen molar-refractivity contribution < 1.29 is 19.4 Å². The average Bonchev–Trinajstić information content (AvgIpc) is 2.62. The lowest BCUT2D eigenvalue weighted by Crippen LogP contribution is -2.38. The van der Waals surface area contributed by atoms with E-state index in [-0.39, 0.29) is 6.10 Å². The number of carbonyl (C=O) groups is 2. The third kappa shape index (κ3) is 3.69. The van der Waals surface area contributed by atoms with Crippen molar-refractivity contribution in [3.63, 3.8) is 0 Å². The third-order valence-electron chi connectivity index (χ3n) is 2.61. The van der Waals surface area contributed by atoms with Gasteiger partial charge in [-0.1, -0.05) is 13.8 Å². The molecule has 0 aromatic carbocycles. The minimum atomic E-state index is -0.806. The summed E-state index contributed by atoms with van der Waals surface area (Å²) in [6.07, 6.45) is -0.569. The van der Waals surface area contributed by atoms with Crippen LogP contribution in [0.5, 0.6) is 0 Å². The average molecular weight is 230 g/mol. The molecule has 1 amide bonds. The number of nitrogens with zero attached hydrogens (tertiary/aromatic N) is 1. The fraction of sp³-hybridized carbons (Fsp3) is 0.800. The molecule has 0 saturated carbocycles. The monoisotopic (exact) mass is 230 g/mol. The Morgan fingerprint density at radius 3 is 2.88 bits per heavy atom. The molecule has 92 valence electrons. The minimum absolute atomic E-state index is 0.173. The van der Waals surface area contributed by atoms with Crippen LogP contribution >= 0.6 is 0 Å². The molecule has 0 spiro atoms. The van der Waals surface area contributed by atoms with Crippen molar-refractivity contribution in [1.82, 2.24) is 10.2 Å². The number of ether oxygens (including phenoxy) is 1. The van der Waals surface area contributed by atoms with Gasteiger partial charge in [0.1, 0.15) is 6.10 Å². The third-order valence-corrected chi connectivity index (χ3v) is 2.61. The van der Waals surface area contributed by atoms with E-state index < -0.39 is 18.0 Å². The van der Waals surface area contributed by atoms with Crippen molar-refractivity contribution >= 4 is 12.1 Å². The largest absolute Gasteiger partial charge is 0.481 e. The van der Waals surface area contributed by atoms with Gasteiger partial charge in [-0.25, -0.2) is 4.79 Å². The van der Waals surface area contributed by atoms with Gasteiger partial charge in [-0.15, -0.1) is 0 Å². The molecule has 1 rings (SSSR count). The SMILES string of the molecule is CCN(CC1CNC(=O)O1)CC(C)C(=O)O. The summed E-state index contributed by atoms with van der Waals surface area (Å²) in [6, 6.07) is 0. The van der Waals surface area contributed by atoms with Crippen molar-refractivity contribution in [1.29, 1.82) is 0 Å². The predicted molar refractivity (Wildman–Crippen MR) is 57.2 cm³/mol. The number of carboxylic acids is 1. The molecule has 1 aliphatic heterocycles. The van der Waals surface area contributed by atoms with Gasteiger partial charge in [-0.05, 0) is 6.54 Å². The van der Waals surface area contributed by atoms with Crippen LogP contribution in [0.25, 0.3) is 0 Å². The van der Waals surface area contributed by atoms with Gasteiger partial charge in [-0.2, -0.15) is 0 Å². The smallest absolute Gasteiger partial charge is 0.407 e. The second kappa shape index (κ2) is 5.69. The Kier molecular flexibility index (Phi) is 4.54. The van der Waals surface area contributed by atoms with Gasteiger partial charge >= 0.3 is 12.1 Å². The summed E-state index contributed by atoms with van der Waals surface area (Å²) in [5.74, 6) is -1.22. The second-order valence-corrected chi connectivity index (χ2v) is 4.00. The van der Waals surface area contributed by atoms with E-state index in [1.807, 2.05) is 11.8 Å². The highest BCUT2D eigenvalue weighted by Gasteiger charge is 2.25. The quantitative estimate of drug-likeness (QED) is 0.678. The van der Waals surface area contributed by atoms with Gasteiger partial charge < -0.3 is 15.2 Å². The predicted octanol–water partition coefficient (Wildman–Crippen LogP) is 0.137. The molecule has 6 heteroatoms. The molecule has 0 aromatic heterocycles. The first kappa shape index (κ1) is 12.8. The summed E-state index contributed by atoms with van der Waals surface area (Å²) in [5.41, 5.74) is 0. The fourth-order valence-electron chi connectivity index (χ4n) is 1.62. The zero-order valence-electron chi connectivity index (χ0n) is 9.60. The molecule has 0 aliphatic carbocycles. The van der Waals surface area contributed by atoms with E-state index in [1.54, 1.807) is 6.92 Å². The fourth-order valence-corrected chi connectivity index (χ4v) is 1.62. The molecule has 6 nitrogen and oxygen atoms in total. The minimum Gasteiger partial charge on any atom is -0.481 e. The molecule has 1 heterocycles. The maximum absolute atomic E-state index is 10.8. The Hall–Kier alpha value is -1.30. The summed E-state index contributed by atoms with van der Waals surface area (Å²) in [4.78, 5) is 23.5. The number of carbonyl (C=O) groups excluding carboxylic acids is 1. The normalized spacial score (nSPS) is 21.7. The number of alkyl carbamates (subject to hydrolysis) is 1. The molecule has 2 atom stereocenters. The van der Waals surface area contributed by atoms with Gasteiger partial charge in [-0.3, -0.25) is 9.69 Å². The molecule has 1 aliphatic rings. The summed E-state index contributed by atoms with van der Waals surface area (Å²) in [5, 5.41) is 11.4. The number of hydrogen-bond donors (Lipinski definition) is 2. The van der Waals surface area contributed by atoms with Crippen molar-refractivity contribution in [2.45, 2.75) is 20.0 Å². The lowest BCUT2D eigenvalue weighted by molar-refractivity contribution is -0.141. The molecule has 16 heavy (non-hydrogen) atoms. The summed E-state index contributed by atoms with van der Waals surface area (Å²) < 4.78 is 5.00. The molecule has 1 saturated heterocycles. The van der Waals surface area contributed by atoms with Crippen molar-refractivity contribution in [2.24, 2.45) is 5.92 Å². The van der Waals surface area contributed by atoms with E-state index in [0.717, 1.165) is 6.54 Å². The first-order valence-corrected chi connectivity index (χ1v) is 5.42. The van der Waals surface area contributed by atoms with E-state index in [2.05, 4.69) is 5.32 Å². The Morgan fingerprint density at radius 2 is 2.44 bits per heavy atom. The van der Waals surface area contributed by atoms with E-state index in [0.29, 0.717) is 19.6 Å². The molecule has 0 aromatic rings. The zero-order valence-corrected chi connectivity index (χ0v) is 9.60. The Morgan fingerprint density at radius 1 is 1.75 bits per heavy atom. The number of carboxylic acid groups (broad SMARTS) is 1. The Bertz CT molecular complexity index is 270. The summed E-state index contributed by atoms with van der Waals surface area (Å²) >= 11 is 0. The van der Waals surface area contributed by atoms with Gasteiger partial charge in [0.05, 0.1) is 12.5 Å². The number of nitrogens with one attached hydrogen (secondary N) is 1. The van der Waals surface area contributed by atoms with Crippen LogP contribution < -0.4 is 5.32 Å². The van der Waals surface area contributed by atoms with E-state index in [4.69, 9.17) is 9.84 Å². The molecule has 2 unspecified atom stereocenters. The number of hydrogen-bond acceptors (Lipinski definition) is 4. The van der Waals surface area contributed by atoms with Crippen molar-refractivity contribution in [3.8, 4) is 0 Å². The highest BCUT2D eigenvalue weighted by molar-refractivity contribution is 5.70. The van der Waals surface area contributed by atoms with Crippen LogP contribution in [0.4, 0.5) is 4.79 Å². The zero-order chi connectivity index (χ0) is 12.1. The standard InChI is InChI=1S/C10H18N2O4/c1-3-12(5-7(2)9(13)14)6-8-4-11-10(15)16-8/h7-8H,3-6H2,1-2H3,(H,11,15)(H,13,14). The van der Waals surface area contributed by atoms with Crippen LogP contribution in [-0.4, -0.2) is 54.4 Å². The highest BCUT2D eigenvalue weighted by Crippen LogP contribution is 2.06. The van der Waals surface area contributed by atoms with Crippen LogP contribution in [0, 0.1) is 5.92 Å². The lowest BCUT2D eigenvalue weighted by Gasteiger charge is -2.24. The van der Waals surface area contributed by atoms with Crippen LogP contribution in [0.1, 0.15) is 13.8 Å². The summed E-state index contributed by atoms with van der Waals surface area (Å²) in [7, 11) is 0. The second-order valence-electron chi connectivity index (χ2n) is 4.00. The Labute approximate surface area is 94.6 Å². The first-order valence-electron chi connectivity index (χ1n) is 5.42. The van der Waals surface area contributed by atoms with Crippen LogP contribution in [0.2, 0.25) is 0 Å². The summed E-state index contributed by atoms with van der Waals surface area (Å²) in [6.45, 7) is 5.91. The van der Waals surface area contributed by atoms with Gasteiger partial charge in [0, 0.05) is 13.1 Å². The number of aliphatic carboxylic acids is 1. The topological polar surface area (TPSA) is 78.9 Å². The Balaban J connectivity index is 2.37. The number of rotatable bonds is 6. The number of cyclic esters (lactones) is 1. The van der Waals surface area contributed by atoms with Crippen LogP contribution in [0.3, 0.4) is 0 Å². The lowest BCUT2D eigenvalue weighted by atomic mass is 10.1. The maximum Gasteiger partial charge on any atom is 0.407 e. The first-order chi connectivity index (χ1) is 7.52. The van der Waals surface area contributed by atoms with E-state index in [9.17, 15) is 9.59 Å². The van der Waals surface area contributed by atoms with Gasteiger partial charge in [0.2, 0.25) is 0 Å². The van der Waals surface area contributed by atoms with Crippen LogP contribution in [-0.2, 0) is 9.53 Å². The van der Waals surface area contributed by atoms with Crippen molar-refractivity contribution in [2.75, 3.05) is 26.2 Å². The molecule has 1 fully saturated rings. The molecule has 2 N–H and O–H groups in total. The van der Waals surface area contributed by atoms with Crippen molar-refractivity contribution in [3.05, 3.63) is 0 Å². The highest BCUT2D eigenvalue weighted by atomic mass is 16.6. The van der Waals surface area contributed by atoms with Gasteiger partial charge in [0.15, 0.2) is 0 Å².